The average Bonchev–Trinajstić information content (AvgIpc) is 2.70. The molecule has 0 aliphatic carbocycles. The number of hydrogen-bond acceptors (Lipinski definition) is 3. The average molecular weight is 346 g/mol. The van der Waals surface area contributed by atoms with Crippen LogP contribution in [0.3, 0.4) is 0 Å². The molecule has 5 nitrogen and oxygen atoms in total. The van der Waals surface area contributed by atoms with Crippen molar-refractivity contribution in [1.29, 1.82) is 0 Å². The third-order valence-corrected chi connectivity index (χ3v) is 6.24. The summed E-state index contributed by atoms with van der Waals surface area (Å²) in [5.41, 5.74) is 0.337. The Labute approximate surface area is 136 Å². The SMILES string of the molecule is C[C@H]([NH2+]CC(=O)N[C@@]1(C)CCS(=O)(=O)C1)c1ccccc1Cl. The van der Waals surface area contributed by atoms with E-state index in [2.05, 4.69) is 5.32 Å². The van der Waals surface area contributed by atoms with E-state index in [9.17, 15) is 13.2 Å². The molecule has 0 unspecified atom stereocenters. The number of halogens is 1. The summed E-state index contributed by atoms with van der Waals surface area (Å²) >= 11 is 6.14. The van der Waals surface area contributed by atoms with Crippen molar-refractivity contribution in [3.8, 4) is 0 Å². The Morgan fingerprint density at radius 2 is 2.14 bits per heavy atom. The maximum Gasteiger partial charge on any atom is 0.275 e. The molecule has 1 fully saturated rings. The first-order valence-corrected chi connectivity index (χ1v) is 9.50. The van der Waals surface area contributed by atoms with E-state index in [0.29, 0.717) is 11.4 Å². The summed E-state index contributed by atoms with van der Waals surface area (Å²) in [6.07, 6.45) is 0.473. The third kappa shape index (κ3) is 4.44. The molecule has 0 saturated carbocycles. The lowest BCUT2D eigenvalue weighted by Gasteiger charge is -2.23. The molecular formula is C15H22ClN2O3S+. The normalized spacial score (nSPS) is 24.9. The van der Waals surface area contributed by atoms with Crippen molar-refractivity contribution in [1.82, 2.24) is 5.32 Å². The molecule has 0 bridgehead atoms. The van der Waals surface area contributed by atoms with Gasteiger partial charge in [0.05, 0.1) is 17.0 Å². The molecule has 0 aromatic heterocycles. The zero-order valence-electron chi connectivity index (χ0n) is 12.8. The van der Waals surface area contributed by atoms with E-state index in [1.54, 1.807) is 6.92 Å². The van der Waals surface area contributed by atoms with Gasteiger partial charge in [-0.05, 0) is 26.3 Å². The van der Waals surface area contributed by atoms with Gasteiger partial charge in [0.15, 0.2) is 16.4 Å². The fourth-order valence-corrected chi connectivity index (χ4v) is 5.15. The Balaban J connectivity index is 1.87. The number of carbonyl (C=O) groups is 1. The summed E-state index contributed by atoms with van der Waals surface area (Å²) in [4.78, 5) is 12.1. The topological polar surface area (TPSA) is 79.8 Å². The van der Waals surface area contributed by atoms with Crippen molar-refractivity contribution in [3.63, 3.8) is 0 Å². The van der Waals surface area contributed by atoms with E-state index < -0.39 is 15.4 Å². The number of carbonyl (C=O) groups excluding carboxylic acids is 1. The van der Waals surface area contributed by atoms with Gasteiger partial charge >= 0.3 is 0 Å². The summed E-state index contributed by atoms with van der Waals surface area (Å²) < 4.78 is 23.1. The summed E-state index contributed by atoms with van der Waals surface area (Å²) in [6, 6.07) is 7.60. The van der Waals surface area contributed by atoms with Crippen molar-refractivity contribution in [2.75, 3.05) is 18.1 Å². The Bertz CT molecular complexity index is 663. The Kier molecular flexibility index (Phi) is 5.14. The van der Waals surface area contributed by atoms with Crippen molar-refractivity contribution >= 4 is 27.3 Å². The fraction of sp³-hybridized carbons (Fsp3) is 0.533. The van der Waals surface area contributed by atoms with Crippen molar-refractivity contribution in [3.05, 3.63) is 34.9 Å². The predicted molar refractivity (Wildman–Crippen MR) is 86.5 cm³/mol. The number of hydrogen-bond donors (Lipinski definition) is 2. The second kappa shape index (κ2) is 6.56. The van der Waals surface area contributed by atoms with E-state index in [4.69, 9.17) is 11.6 Å². The molecule has 0 spiro atoms. The van der Waals surface area contributed by atoms with Crippen LogP contribution in [0.5, 0.6) is 0 Å². The Hall–Kier alpha value is -1.11. The van der Waals surface area contributed by atoms with Crippen LogP contribution in [0, 0.1) is 0 Å². The molecule has 7 heteroatoms. The second-order valence-electron chi connectivity index (χ2n) is 6.20. The van der Waals surface area contributed by atoms with Crippen molar-refractivity contribution in [2.45, 2.75) is 31.8 Å². The zero-order chi connectivity index (χ0) is 16.4. The highest BCUT2D eigenvalue weighted by atomic mass is 35.5. The number of nitrogens with two attached hydrogens (primary N) is 1. The molecule has 1 heterocycles. The van der Waals surface area contributed by atoms with Crippen LogP contribution in [0.1, 0.15) is 31.9 Å². The third-order valence-electron chi connectivity index (χ3n) is 4.00. The lowest BCUT2D eigenvalue weighted by Crippen LogP contribution is -2.87. The molecule has 2 rings (SSSR count). The van der Waals surface area contributed by atoms with Gasteiger partial charge < -0.3 is 10.6 Å². The van der Waals surface area contributed by atoms with Gasteiger partial charge in [0.25, 0.3) is 5.91 Å². The quantitative estimate of drug-likeness (QED) is 0.822. The number of benzene rings is 1. The Morgan fingerprint density at radius 1 is 1.45 bits per heavy atom. The van der Waals surface area contributed by atoms with E-state index in [1.807, 2.05) is 36.5 Å². The van der Waals surface area contributed by atoms with Crippen LogP contribution >= 0.6 is 11.6 Å². The van der Waals surface area contributed by atoms with Gasteiger partial charge in [-0.3, -0.25) is 4.79 Å². The van der Waals surface area contributed by atoms with E-state index >= 15 is 0 Å². The summed E-state index contributed by atoms with van der Waals surface area (Å²) in [5, 5.41) is 5.42. The highest BCUT2D eigenvalue weighted by molar-refractivity contribution is 7.91. The van der Waals surface area contributed by atoms with Gasteiger partial charge in [0.1, 0.15) is 6.04 Å². The van der Waals surface area contributed by atoms with Crippen LogP contribution in [0.15, 0.2) is 24.3 Å². The first-order chi connectivity index (χ1) is 10.2. The Morgan fingerprint density at radius 3 is 2.73 bits per heavy atom. The molecule has 0 radical (unpaired) electrons. The van der Waals surface area contributed by atoms with Crippen LogP contribution in [-0.2, 0) is 14.6 Å². The van der Waals surface area contributed by atoms with E-state index in [1.165, 1.54) is 0 Å². The summed E-state index contributed by atoms with van der Waals surface area (Å²) in [7, 11) is -3.02. The van der Waals surface area contributed by atoms with Crippen LogP contribution in [0.4, 0.5) is 0 Å². The van der Waals surface area contributed by atoms with E-state index in [-0.39, 0.29) is 30.0 Å². The summed E-state index contributed by atoms with van der Waals surface area (Å²) in [5.74, 6) is 0.00787. The largest absolute Gasteiger partial charge is 0.345 e. The van der Waals surface area contributed by atoms with Gasteiger partial charge in [0.2, 0.25) is 0 Å². The van der Waals surface area contributed by atoms with Crippen molar-refractivity contribution < 1.29 is 18.5 Å². The number of sulfone groups is 1. The van der Waals surface area contributed by atoms with Crippen LogP contribution in [0.25, 0.3) is 0 Å². The zero-order valence-corrected chi connectivity index (χ0v) is 14.4. The molecule has 22 heavy (non-hydrogen) atoms. The number of quaternary nitrogens is 1. The highest BCUT2D eigenvalue weighted by Gasteiger charge is 2.39. The first kappa shape index (κ1) is 17.2. The summed E-state index contributed by atoms with van der Waals surface area (Å²) in [6.45, 7) is 4.01. The molecule has 1 saturated heterocycles. The molecule has 1 amide bonds. The van der Waals surface area contributed by atoms with Gasteiger partial charge in [0, 0.05) is 10.6 Å². The molecule has 122 valence electrons. The van der Waals surface area contributed by atoms with Gasteiger partial charge in [-0.25, -0.2) is 8.42 Å². The molecule has 1 aliphatic heterocycles. The fourth-order valence-electron chi connectivity index (χ4n) is 2.75. The van der Waals surface area contributed by atoms with Gasteiger partial charge in [-0.15, -0.1) is 0 Å². The van der Waals surface area contributed by atoms with Crippen LogP contribution in [-0.4, -0.2) is 37.9 Å². The maximum atomic E-state index is 12.1. The van der Waals surface area contributed by atoms with E-state index in [0.717, 1.165) is 5.56 Å². The van der Waals surface area contributed by atoms with Gasteiger partial charge in [-0.2, -0.15) is 0 Å². The number of amides is 1. The first-order valence-electron chi connectivity index (χ1n) is 7.30. The second-order valence-corrected chi connectivity index (χ2v) is 8.79. The minimum atomic E-state index is -3.02. The number of nitrogens with one attached hydrogen (secondary N) is 1. The molecule has 1 aromatic carbocycles. The maximum absolute atomic E-state index is 12.1. The molecule has 1 aromatic rings. The highest BCUT2D eigenvalue weighted by Crippen LogP contribution is 2.22. The van der Waals surface area contributed by atoms with Crippen LogP contribution < -0.4 is 10.6 Å². The minimum Gasteiger partial charge on any atom is -0.345 e. The van der Waals surface area contributed by atoms with Gasteiger partial charge in [-0.1, -0.05) is 29.8 Å². The predicted octanol–water partition coefficient (Wildman–Crippen LogP) is 0.658. The standard InChI is InChI=1S/C15H21ClN2O3S/c1-11(12-5-3-4-6-13(12)16)17-9-14(19)18-15(2)7-8-22(20,21)10-15/h3-6,11,17H,7-10H2,1-2H3,(H,18,19)/p+1/t11-,15-/m0/s1. The molecule has 2 atom stereocenters. The van der Waals surface area contributed by atoms with Crippen LogP contribution in [0.2, 0.25) is 5.02 Å². The molecule has 3 N–H and O–H groups in total. The lowest BCUT2D eigenvalue weighted by atomic mass is 10.0. The molecule has 1 aliphatic rings. The number of rotatable bonds is 5. The minimum absolute atomic E-state index is 0.0196. The monoisotopic (exact) mass is 345 g/mol. The smallest absolute Gasteiger partial charge is 0.275 e. The molecular weight excluding hydrogens is 324 g/mol. The van der Waals surface area contributed by atoms with Crippen molar-refractivity contribution in [2.24, 2.45) is 0 Å². The lowest BCUT2D eigenvalue weighted by molar-refractivity contribution is -0.682.